The number of carbonyl (C=O) groups is 1. The monoisotopic (exact) mass is 185 g/mol. The van der Waals surface area contributed by atoms with E-state index in [0.717, 1.165) is 32.7 Å². The molecule has 1 amide bonds. The lowest BCUT2D eigenvalue weighted by molar-refractivity contribution is -0.124. The normalized spacial score (nSPS) is 25.4. The summed E-state index contributed by atoms with van der Waals surface area (Å²) in [6.45, 7) is 6.35. The number of likely N-dealkylation sites (N-methyl/N-ethyl adjacent to an activating group) is 1. The van der Waals surface area contributed by atoms with Crippen molar-refractivity contribution in [3.63, 3.8) is 0 Å². The molecule has 1 rings (SSSR count). The molecule has 0 radical (unpaired) electrons. The van der Waals surface area contributed by atoms with Crippen molar-refractivity contribution in [3.05, 3.63) is 0 Å². The van der Waals surface area contributed by atoms with E-state index in [0.29, 0.717) is 0 Å². The predicted molar refractivity (Wildman–Crippen MR) is 52.5 cm³/mol. The van der Waals surface area contributed by atoms with E-state index in [1.54, 1.807) is 0 Å². The number of hydrogen-bond acceptors (Lipinski definition) is 3. The van der Waals surface area contributed by atoms with Gasteiger partial charge in [-0.1, -0.05) is 6.92 Å². The van der Waals surface area contributed by atoms with Gasteiger partial charge >= 0.3 is 0 Å². The Labute approximate surface area is 79.7 Å². The van der Waals surface area contributed by atoms with Crippen molar-refractivity contribution in [1.29, 1.82) is 0 Å². The zero-order chi connectivity index (χ0) is 9.68. The van der Waals surface area contributed by atoms with E-state index in [-0.39, 0.29) is 11.8 Å². The minimum atomic E-state index is 0.104. The molecule has 0 aromatic heterocycles. The van der Waals surface area contributed by atoms with Crippen LogP contribution in [0.2, 0.25) is 0 Å². The molecule has 76 valence electrons. The third kappa shape index (κ3) is 3.32. The molecule has 0 saturated carbocycles. The first-order valence-corrected chi connectivity index (χ1v) is 4.91. The SMILES string of the molecule is CCNCC1CN(C)CCNC1=O. The summed E-state index contributed by atoms with van der Waals surface area (Å²) < 4.78 is 0. The molecule has 1 unspecified atom stereocenters. The summed E-state index contributed by atoms with van der Waals surface area (Å²) in [5, 5.41) is 6.12. The zero-order valence-corrected chi connectivity index (χ0v) is 8.47. The van der Waals surface area contributed by atoms with Gasteiger partial charge in [0.2, 0.25) is 5.91 Å². The van der Waals surface area contributed by atoms with Crippen molar-refractivity contribution in [2.75, 3.05) is 39.8 Å². The number of nitrogens with one attached hydrogen (secondary N) is 2. The first kappa shape index (κ1) is 10.5. The third-order valence-corrected chi connectivity index (χ3v) is 2.34. The number of hydrogen-bond donors (Lipinski definition) is 2. The molecule has 1 saturated heterocycles. The van der Waals surface area contributed by atoms with Crippen LogP contribution < -0.4 is 10.6 Å². The average Bonchev–Trinajstić information content (AvgIpc) is 2.25. The van der Waals surface area contributed by atoms with Crippen LogP contribution in [0.3, 0.4) is 0 Å². The highest BCUT2D eigenvalue weighted by atomic mass is 16.2. The van der Waals surface area contributed by atoms with Crippen LogP contribution in [-0.2, 0) is 4.79 Å². The quantitative estimate of drug-likeness (QED) is 0.609. The van der Waals surface area contributed by atoms with E-state index < -0.39 is 0 Å². The smallest absolute Gasteiger partial charge is 0.225 e. The molecule has 4 nitrogen and oxygen atoms in total. The molecule has 0 aliphatic carbocycles. The Morgan fingerprint density at radius 1 is 1.69 bits per heavy atom. The van der Waals surface area contributed by atoms with Gasteiger partial charge in [0.25, 0.3) is 0 Å². The van der Waals surface area contributed by atoms with Gasteiger partial charge in [-0.3, -0.25) is 4.79 Å². The zero-order valence-electron chi connectivity index (χ0n) is 8.47. The van der Waals surface area contributed by atoms with E-state index in [4.69, 9.17) is 0 Å². The summed E-state index contributed by atoms with van der Waals surface area (Å²) >= 11 is 0. The molecule has 1 atom stereocenters. The van der Waals surface area contributed by atoms with Crippen molar-refractivity contribution >= 4 is 5.91 Å². The molecular formula is C9H19N3O. The molecule has 0 spiro atoms. The fourth-order valence-electron chi connectivity index (χ4n) is 1.54. The lowest BCUT2D eigenvalue weighted by Gasteiger charge is -2.17. The van der Waals surface area contributed by atoms with Crippen LogP contribution in [0.4, 0.5) is 0 Å². The summed E-state index contributed by atoms with van der Waals surface area (Å²) in [6.07, 6.45) is 0. The van der Waals surface area contributed by atoms with Crippen LogP contribution >= 0.6 is 0 Å². The van der Waals surface area contributed by atoms with E-state index in [9.17, 15) is 4.79 Å². The fourth-order valence-corrected chi connectivity index (χ4v) is 1.54. The molecule has 4 heteroatoms. The number of amides is 1. The predicted octanol–water partition coefficient (Wildman–Crippen LogP) is -0.726. The van der Waals surface area contributed by atoms with Crippen molar-refractivity contribution in [1.82, 2.24) is 15.5 Å². The van der Waals surface area contributed by atoms with Gasteiger partial charge in [0, 0.05) is 26.2 Å². The Morgan fingerprint density at radius 3 is 3.15 bits per heavy atom. The lowest BCUT2D eigenvalue weighted by Crippen LogP contribution is -2.38. The highest BCUT2D eigenvalue weighted by molar-refractivity contribution is 5.79. The Morgan fingerprint density at radius 2 is 2.46 bits per heavy atom. The summed E-state index contributed by atoms with van der Waals surface area (Å²) in [7, 11) is 2.05. The molecule has 0 bridgehead atoms. The molecule has 2 N–H and O–H groups in total. The minimum absolute atomic E-state index is 0.104. The number of rotatable bonds is 3. The van der Waals surface area contributed by atoms with Gasteiger partial charge in [-0.05, 0) is 13.6 Å². The summed E-state index contributed by atoms with van der Waals surface area (Å²) in [6, 6.07) is 0. The van der Waals surface area contributed by atoms with E-state index in [1.165, 1.54) is 0 Å². The first-order chi connectivity index (χ1) is 6.24. The molecule has 13 heavy (non-hydrogen) atoms. The van der Waals surface area contributed by atoms with Crippen molar-refractivity contribution < 1.29 is 4.79 Å². The summed E-state index contributed by atoms with van der Waals surface area (Å²) in [4.78, 5) is 13.7. The number of nitrogens with zero attached hydrogens (tertiary/aromatic N) is 1. The van der Waals surface area contributed by atoms with Crippen molar-refractivity contribution in [3.8, 4) is 0 Å². The Balaban J connectivity index is 2.42. The Kier molecular flexibility index (Phi) is 4.18. The maximum Gasteiger partial charge on any atom is 0.225 e. The van der Waals surface area contributed by atoms with Gasteiger partial charge in [-0.25, -0.2) is 0 Å². The second kappa shape index (κ2) is 5.19. The van der Waals surface area contributed by atoms with Gasteiger partial charge in [0.05, 0.1) is 5.92 Å². The second-order valence-electron chi connectivity index (χ2n) is 3.56. The largest absolute Gasteiger partial charge is 0.354 e. The molecule has 0 aromatic carbocycles. The first-order valence-electron chi connectivity index (χ1n) is 4.91. The molecule has 0 aromatic rings. The van der Waals surface area contributed by atoms with Crippen molar-refractivity contribution in [2.24, 2.45) is 5.92 Å². The van der Waals surface area contributed by atoms with E-state index in [1.807, 2.05) is 0 Å². The van der Waals surface area contributed by atoms with Gasteiger partial charge in [0.1, 0.15) is 0 Å². The van der Waals surface area contributed by atoms with Gasteiger partial charge in [-0.15, -0.1) is 0 Å². The lowest BCUT2D eigenvalue weighted by atomic mass is 10.1. The molecular weight excluding hydrogens is 166 g/mol. The van der Waals surface area contributed by atoms with Crippen LogP contribution in [0.15, 0.2) is 0 Å². The molecule has 1 aliphatic heterocycles. The minimum Gasteiger partial charge on any atom is -0.354 e. The maximum absolute atomic E-state index is 11.5. The molecule has 1 heterocycles. The summed E-state index contributed by atoms with van der Waals surface area (Å²) in [5.41, 5.74) is 0. The fraction of sp³-hybridized carbons (Fsp3) is 0.889. The van der Waals surface area contributed by atoms with E-state index in [2.05, 4.69) is 29.5 Å². The van der Waals surface area contributed by atoms with Crippen LogP contribution in [0, 0.1) is 5.92 Å². The van der Waals surface area contributed by atoms with Gasteiger partial charge in [-0.2, -0.15) is 0 Å². The van der Waals surface area contributed by atoms with Crippen LogP contribution in [-0.4, -0.2) is 50.6 Å². The maximum atomic E-state index is 11.5. The van der Waals surface area contributed by atoms with Crippen molar-refractivity contribution in [2.45, 2.75) is 6.92 Å². The van der Waals surface area contributed by atoms with Crippen LogP contribution in [0.25, 0.3) is 0 Å². The third-order valence-electron chi connectivity index (χ3n) is 2.34. The van der Waals surface area contributed by atoms with E-state index >= 15 is 0 Å². The Bertz CT molecular complexity index is 172. The van der Waals surface area contributed by atoms with Crippen LogP contribution in [0.5, 0.6) is 0 Å². The standard InChI is InChI=1S/C9H19N3O/c1-3-10-6-8-7-12(2)5-4-11-9(8)13/h8,10H,3-7H2,1-2H3,(H,11,13). The number of carbonyl (C=O) groups excluding carboxylic acids is 1. The van der Waals surface area contributed by atoms with Crippen LogP contribution in [0.1, 0.15) is 6.92 Å². The van der Waals surface area contributed by atoms with Gasteiger partial charge in [0.15, 0.2) is 0 Å². The molecule has 1 fully saturated rings. The second-order valence-corrected chi connectivity index (χ2v) is 3.56. The van der Waals surface area contributed by atoms with Gasteiger partial charge < -0.3 is 15.5 Å². The average molecular weight is 185 g/mol. The summed E-state index contributed by atoms with van der Waals surface area (Å²) in [5.74, 6) is 0.290. The Hall–Kier alpha value is -0.610. The molecule has 1 aliphatic rings. The topological polar surface area (TPSA) is 44.4 Å². The highest BCUT2D eigenvalue weighted by Gasteiger charge is 2.22. The highest BCUT2D eigenvalue weighted by Crippen LogP contribution is 2.01.